The van der Waals surface area contributed by atoms with Crippen LogP contribution < -0.4 is 19.4 Å². The average molecular weight is 519 g/mol. The number of fused-ring (bicyclic) bond motifs is 1. The van der Waals surface area contributed by atoms with E-state index in [1.807, 2.05) is 0 Å². The number of hydroxylamine groups is 1. The Morgan fingerprint density at radius 3 is 2.21 bits per heavy atom. The number of hydrogen-bond donors (Lipinski definition) is 1. The number of aromatic carboxylic acids is 1. The zero-order chi connectivity index (χ0) is 27.1. The standard InChI is InChI=1S/C26H21N3O9/c1-36-18-13-12-17(19(26(32)33)22(18)37-2)21-20-23(38-28(21)15-6-4-3-5-7-15)25(31)27(24(20)30)14-8-10-16(11-9-14)29(34)35/h3-13,20-21,23H,1-2H3,(H,32,33)/t20-,21+,23-/m0/s1. The van der Waals surface area contributed by atoms with E-state index in [0.717, 1.165) is 4.90 Å². The summed E-state index contributed by atoms with van der Waals surface area (Å²) in [5.74, 6) is -3.63. The monoisotopic (exact) mass is 519 g/mol. The molecule has 3 aromatic rings. The van der Waals surface area contributed by atoms with Gasteiger partial charge in [0.2, 0.25) is 5.91 Å². The third kappa shape index (κ3) is 3.78. The number of para-hydroxylation sites is 1. The molecule has 2 saturated heterocycles. The number of anilines is 2. The van der Waals surface area contributed by atoms with E-state index in [0.29, 0.717) is 5.69 Å². The van der Waals surface area contributed by atoms with Crippen LogP contribution >= 0.6 is 0 Å². The lowest BCUT2D eigenvalue weighted by molar-refractivity contribution is -0.384. The number of non-ortho nitro benzene ring substituents is 1. The van der Waals surface area contributed by atoms with Crippen LogP contribution in [0.5, 0.6) is 11.5 Å². The topological polar surface area (TPSA) is 149 Å². The van der Waals surface area contributed by atoms with Gasteiger partial charge in [0.05, 0.1) is 36.6 Å². The Hall–Kier alpha value is -4.97. The molecule has 0 spiro atoms. The van der Waals surface area contributed by atoms with Gasteiger partial charge in [-0.15, -0.1) is 0 Å². The van der Waals surface area contributed by atoms with E-state index in [1.165, 1.54) is 55.7 Å². The fourth-order valence-electron chi connectivity index (χ4n) is 4.92. The van der Waals surface area contributed by atoms with Crippen LogP contribution in [0.4, 0.5) is 17.1 Å². The molecule has 2 aliphatic rings. The minimum Gasteiger partial charge on any atom is -0.493 e. The summed E-state index contributed by atoms with van der Waals surface area (Å²) in [6.45, 7) is 0. The molecule has 0 saturated carbocycles. The van der Waals surface area contributed by atoms with Crippen molar-refractivity contribution in [3.63, 3.8) is 0 Å². The van der Waals surface area contributed by atoms with E-state index in [4.69, 9.17) is 14.3 Å². The SMILES string of the molecule is COc1ccc([C@@H]2[C@@H]3C(=O)N(c4ccc([N+](=O)[O-])cc4)C(=O)[C@H]3ON2c2ccccc2)c(C(=O)O)c1OC. The van der Waals surface area contributed by atoms with E-state index in [-0.39, 0.29) is 34.0 Å². The summed E-state index contributed by atoms with van der Waals surface area (Å²) in [6.07, 6.45) is -1.27. The maximum absolute atomic E-state index is 13.8. The van der Waals surface area contributed by atoms with Crippen molar-refractivity contribution in [1.82, 2.24) is 0 Å². The van der Waals surface area contributed by atoms with Gasteiger partial charge in [0.1, 0.15) is 11.5 Å². The van der Waals surface area contributed by atoms with Crippen molar-refractivity contribution < 1.29 is 38.7 Å². The van der Waals surface area contributed by atoms with Crippen LogP contribution in [0.15, 0.2) is 66.7 Å². The summed E-state index contributed by atoms with van der Waals surface area (Å²) in [6, 6.07) is 15.6. The third-order valence-corrected chi connectivity index (χ3v) is 6.56. The number of carboxylic acid groups (broad SMARTS) is 1. The number of ether oxygens (including phenoxy) is 2. The van der Waals surface area contributed by atoms with Crippen LogP contribution in [0, 0.1) is 16.0 Å². The third-order valence-electron chi connectivity index (χ3n) is 6.56. The van der Waals surface area contributed by atoms with Gasteiger partial charge >= 0.3 is 5.97 Å². The number of rotatable bonds is 7. The zero-order valence-corrected chi connectivity index (χ0v) is 20.1. The summed E-state index contributed by atoms with van der Waals surface area (Å²) < 4.78 is 10.6. The van der Waals surface area contributed by atoms with Crippen molar-refractivity contribution in [2.24, 2.45) is 5.92 Å². The molecule has 3 atom stereocenters. The van der Waals surface area contributed by atoms with Crippen molar-refractivity contribution >= 4 is 34.8 Å². The fraction of sp³-hybridized carbons (Fsp3) is 0.192. The average Bonchev–Trinajstić information content (AvgIpc) is 3.43. The lowest BCUT2D eigenvalue weighted by atomic mass is 9.87. The van der Waals surface area contributed by atoms with Crippen molar-refractivity contribution in [3.05, 3.63) is 88.0 Å². The molecule has 2 amide bonds. The van der Waals surface area contributed by atoms with Gasteiger partial charge in [0.15, 0.2) is 17.6 Å². The molecule has 2 fully saturated rings. The maximum atomic E-state index is 13.8. The van der Waals surface area contributed by atoms with Crippen molar-refractivity contribution in [3.8, 4) is 11.5 Å². The minimum atomic E-state index is -1.32. The largest absolute Gasteiger partial charge is 0.493 e. The Balaban J connectivity index is 1.66. The Labute approximate surface area is 215 Å². The van der Waals surface area contributed by atoms with Crippen LogP contribution in [0.2, 0.25) is 0 Å². The summed E-state index contributed by atoms with van der Waals surface area (Å²) in [5, 5.41) is 22.6. The van der Waals surface area contributed by atoms with Crippen LogP contribution in [-0.2, 0) is 14.4 Å². The number of amides is 2. The first kappa shape index (κ1) is 24.7. The maximum Gasteiger partial charge on any atom is 0.339 e. The van der Waals surface area contributed by atoms with Gasteiger partial charge in [0.25, 0.3) is 11.6 Å². The zero-order valence-electron chi connectivity index (χ0n) is 20.1. The van der Waals surface area contributed by atoms with Crippen LogP contribution in [0.1, 0.15) is 22.0 Å². The number of hydrogen-bond acceptors (Lipinski definition) is 9. The van der Waals surface area contributed by atoms with Gasteiger partial charge < -0.3 is 14.6 Å². The van der Waals surface area contributed by atoms with E-state index < -0.39 is 40.8 Å². The molecule has 0 radical (unpaired) electrons. The molecular weight excluding hydrogens is 498 g/mol. The highest BCUT2D eigenvalue weighted by molar-refractivity contribution is 6.24. The van der Waals surface area contributed by atoms with Crippen molar-refractivity contribution in [2.45, 2.75) is 12.1 Å². The Kier molecular flexibility index (Phi) is 6.17. The number of benzene rings is 3. The van der Waals surface area contributed by atoms with E-state index >= 15 is 0 Å². The Morgan fingerprint density at radius 1 is 0.947 bits per heavy atom. The van der Waals surface area contributed by atoms with Crippen molar-refractivity contribution in [1.29, 1.82) is 0 Å². The number of carbonyl (C=O) groups is 3. The molecule has 194 valence electrons. The quantitative estimate of drug-likeness (QED) is 0.280. The minimum absolute atomic E-state index is 0.0436. The molecule has 38 heavy (non-hydrogen) atoms. The van der Waals surface area contributed by atoms with E-state index in [2.05, 4.69) is 0 Å². The smallest absolute Gasteiger partial charge is 0.339 e. The number of methoxy groups -OCH3 is 2. The molecule has 3 aromatic carbocycles. The number of nitro benzene ring substituents is 1. The molecule has 2 aliphatic heterocycles. The predicted octanol–water partition coefficient (Wildman–Crippen LogP) is 3.36. The number of carboxylic acids is 1. The molecule has 0 aliphatic carbocycles. The highest BCUT2D eigenvalue weighted by Crippen LogP contribution is 2.50. The van der Waals surface area contributed by atoms with Gasteiger partial charge in [0, 0.05) is 12.1 Å². The van der Waals surface area contributed by atoms with Gasteiger partial charge in [-0.05, 0) is 35.9 Å². The van der Waals surface area contributed by atoms with Gasteiger partial charge in [-0.25, -0.2) is 14.8 Å². The first-order chi connectivity index (χ1) is 18.3. The molecule has 0 aromatic heterocycles. The second-order valence-corrected chi connectivity index (χ2v) is 8.51. The second kappa shape index (κ2) is 9.48. The second-order valence-electron chi connectivity index (χ2n) is 8.51. The Bertz CT molecular complexity index is 1440. The molecule has 5 rings (SSSR count). The van der Waals surface area contributed by atoms with E-state index in [9.17, 15) is 29.6 Å². The van der Waals surface area contributed by atoms with Gasteiger partial charge in [-0.1, -0.05) is 24.3 Å². The number of nitro groups is 1. The molecule has 0 unspecified atom stereocenters. The molecule has 12 nitrogen and oxygen atoms in total. The number of imide groups is 1. The first-order valence-electron chi connectivity index (χ1n) is 11.4. The van der Waals surface area contributed by atoms with Crippen molar-refractivity contribution in [2.75, 3.05) is 24.2 Å². The van der Waals surface area contributed by atoms with Crippen LogP contribution in [-0.4, -0.2) is 48.1 Å². The first-order valence-corrected chi connectivity index (χ1v) is 11.4. The fourth-order valence-corrected chi connectivity index (χ4v) is 4.92. The molecule has 2 heterocycles. The number of carbonyl (C=O) groups excluding carboxylic acids is 2. The Morgan fingerprint density at radius 2 is 1.63 bits per heavy atom. The summed E-state index contributed by atoms with van der Waals surface area (Å²) in [7, 11) is 2.67. The molecular formula is C26H21N3O9. The lowest BCUT2D eigenvalue weighted by Gasteiger charge is -2.30. The number of nitrogens with zero attached hydrogens (tertiary/aromatic N) is 3. The normalized spacial score (nSPS) is 20.4. The van der Waals surface area contributed by atoms with Gasteiger partial charge in [-0.3, -0.25) is 24.5 Å². The van der Waals surface area contributed by atoms with Crippen LogP contribution in [0.25, 0.3) is 0 Å². The summed E-state index contributed by atoms with van der Waals surface area (Å²) in [5.41, 5.74) is 0.378. The molecule has 1 N–H and O–H groups in total. The predicted molar refractivity (Wildman–Crippen MR) is 132 cm³/mol. The highest BCUT2D eigenvalue weighted by Gasteiger charge is 2.61. The lowest BCUT2D eigenvalue weighted by Crippen LogP contribution is -2.37. The van der Waals surface area contributed by atoms with E-state index in [1.54, 1.807) is 30.3 Å². The summed E-state index contributed by atoms with van der Waals surface area (Å²) >= 11 is 0. The molecule has 0 bridgehead atoms. The summed E-state index contributed by atoms with van der Waals surface area (Å²) in [4.78, 5) is 57.1. The van der Waals surface area contributed by atoms with Crippen LogP contribution in [0.3, 0.4) is 0 Å². The highest BCUT2D eigenvalue weighted by atomic mass is 16.7. The molecule has 12 heteroatoms. The van der Waals surface area contributed by atoms with Gasteiger partial charge in [-0.2, -0.15) is 0 Å².